The summed E-state index contributed by atoms with van der Waals surface area (Å²) in [6.07, 6.45) is 2.60. The molecule has 0 fully saturated rings. The first-order chi connectivity index (χ1) is 9.95. The molecule has 8 nitrogen and oxygen atoms in total. The van der Waals surface area contributed by atoms with E-state index in [4.69, 9.17) is 4.74 Å². The summed E-state index contributed by atoms with van der Waals surface area (Å²) in [6.45, 7) is 3.28. The van der Waals surface area contributed by atoms with E-state index in [1.165, 1.54) is 30.5 Å². The average molecular weight is 309 g/mol. The molecule has 0 N–H and O–H groups in total. The summed E-state index contributed by atoms with van der Waals surface area (Å²) in [7, 11) is 0. The Labute approximate surface area is 122 Å². The van der Waals surface area contributed by atoms with Crippen molar-refractivity contribution in [2.45, 2.75) is 13.8 Å². The minimum absolute atomic E-state index is 0.132. The average Bonchev–Trinajstić information content (AvgIpc) is 2.87. The fourth-order valence-corrected chi connectivity index (χ4v) is 2.38. The number of rotatable bonds is 4. The molecule has 0 radical (unpaired) electrons. The van der Waals surface area contributed by atoms with Crippen LogP contribution in [0.3, 0.4) is 0 Å². The molecule has 2 heterocycles. The predicted octanol–water partition coefficient (Wildman–Crippen LogP) is 1.63. The number of nitro groups is 1. The van der Waals surface area contributed by atoms with E-state index in [-0.39, 0.29) is 17.9 Å². The van der Waals surface area contributed by atoms with Crippen molar-refractivity contribution in [1.82, 2.24) is 9.38 Å². The summed E-state index contributed by atoms with van der Waals surface area (Å²) in [6, 6.07) is 0. The molecule has 0 bridgehead atoms. The molecule has 2 rings (SSSR count). The molecule has 0 aliphatic heterocycles. The van der Waals surface area contributed by atoms with Crippen LogP contribution in [0.5, 0.6) is 0 Å². The molecule has 21 heavy (non-hydrogen) atoms. The number of fused-ring (bicyclic) bond motifs is 1. The van der Waals surface area contributed by atoms with Crippen LogP contribution in [0.4, 0.5) is 5.69 Å². The number of hydrogen-bond donors (Lipinski definition) is 0. The second-order valence-corrected chi connectivity index (χ2v) is 4.88. The minimum Gasteiger partial charge on any atom is -0.463 e. The lowest BCUT2D eigenvalue weighted by Gasteiger charge is -2.02. The Morgan fingerprint density at radius 3 is 2.95 bits per heavy atom. The highest BCUT2D eigenvalue weighted by Gasteiger charge is 2.23. The van der Waals surface area contributed by atoms with Gasteiger partial charge in [0.05, 0.1) is 11.5 Å². The molecule has 0 amide bonds. The number of carbonyl (C=O) groups excluding carboxylic acids is 1. The third-order valence-corrected chi connectivity index (χ3v) is 3.36. The van der Waals surface area contributed by atoms with E-state index < -0.39 is 22.1 Å². The van der Waals surface area contributed by atoms with Gasteiger partial charge in [-0.2, -0.15) is 0 Å². The third-order valence-electron chi connectivity index (χ3n) is 2.60. The van der Waals surface area contributed by atoms with Gasteiger partial charge < -0.3 is 4.74 Å². The number of thiazole rings is 1. The first-order valence-electron chi connectivity index (χ1n) is 5.95. The van der Waals surface area contributed by atoms with E-state index in [1.807, 2.05) is 0 Å². The molecule has 0 saturated heterocycles. The van der Waals surface area contributed by atoms with Crippen molar-refractivity contribution in [3.05, 3.63) is 43.3 Å². The summed E-state index contributed by atoms with van der Waals surface area (Å²) in [5, 5.41) is 12.7. The van der Waals surface area contributed by atoms with Crippen LogP contribution in [-0.4, -0.2) is 26.9 Å². The molecular formula is C12H11N3O5S. The van der Waals surface area contributed by atoms with Gasteiger partial charge in [-0.25, -0.2) is 9.78 Å². The number of esters is 1. The predicted molar refractivity (Wildman–Crippen MR) is 76.3 cm³/mol. The Kier molecular flexibility index (Phi) is 4.13. The third kappa shape index (κ3) is 2.82. The zero-order chi connectivity index (χ0) is 15.6. The SMILES string of the molecule is CCOC(=O)/C(C)=C/c1nc2sccn2c(=O)c1[N+](=O)[O-]. The van der Waals surface area contributed by atoms with E-state index >= 15 is 0 Å². The van der Waals surface area contributed by atoms with Crippen molar-refractivity contribution in [3.8, 4) is 0 Å². The molecule has 0 spiro atoms. The Morgan fingerprint density at radius 1 is 1.62 bits per heavy atom. The lowest BCUT2D eigenvalue weighted by Crippen LogP contribution is -2.18. The van der Waals surface area contributed by atoms with Gasteiger partial charge in [0, 0.05) is 17.2 Å². The van der Waals surface area contributed by atoms with Gasteiger partial charge in [-0.15, -0.1) is 11.3 Å². The smallest absolute Gasteiger partial charge is 0.359 e. The van der Waals surface area contributed by atoms with Gasteiger partial charge in [0.1, 0.15) is 0 Å². The molecule has 2 aromatic heterocycles. The van der Waals surface area contributed by atoms with Crippen LogP contribution >= 0.6 is 11.3 Å². The zero-order valence-electron chi connectivity index (χ0n) is 11.2. The first kappa shape index (κ1) is 14.9. The van der Waals surface area contributed by atoms with Crippen LogP contribution in [0.2, 0.25) is 0 Å². The van der Waals surface area contributed by atoms with Crippen LogP contribution in [0.15, 0.2) is 21.9 Å². The summed E-state index contributed by atoms with van der Waals surface area (Å²) in [5.41, 5.74) is -1.48. The summed E-state index contributed by atoms with van der Waals surface area (Å²) >= 11 is 1.17. The molecule has 110 valence electrons. The fraction of sp³-hybridized carbons (Fsp3) is 0.250. The van der Waals surface area contributed by atoms with Gasteiger partial charge in [-0.05, 0) is 19.9 Å². The highest BCUT2D eigenvalue weighted by atomic mass is 32.1. The number of nitrogens with zero attached hydrogens (tertiary/aromatic N) is 3. The summed E-state index contributed by atoms with van der Waals surface area (Å²) in [5.74, 6) is -0.611. The van der Waals surface area contributed by atoms with Crippen LogP contribution in [0, 0.1) is 10.1 Å². The van der Waals surface area contributed by atoms with Gasteiger partial charge in [0.25, 0.3) is 0 Å². The molecular weight excluding hydrogens is 298 g/mol. The second kappa shape index (κ2) is 5.83. The van der Waals surface area contributed by atoms with Crippen molar-refractivity contribution in [3.63, 3.8) is 0 Å². The molecule has 2 aromatic rings. The van der Waals surface area contributed by atoms with Crippen LogP contribution in [-0.2, 0) is 9.53 Å². The maximum absolute atomic E-state index is 12.1. The standard InChI is InChI=1S/C12H11N3O5S/c1-3-20-11(17)7(2)6-8-9(15(18)19)10(16)14-4-5-21-12(14)13-8/h4-6H,3H2,1-2H3/b7-6+. The monoisotopic (exact) mass is 309 g/mol. The van der Waals surface area contributed by atoms with E-state index in [1.54, 1.807) is 12.3 Å². The lowest BCUT2D eigenvalue weighted by atomic mass is 10.2. The molecule has 9 heteroatoms. The Bertz CT molecular complexity index is 805. The summed E-state index contributed by atoms with van der Waals surface area (Å²) in [4.78, 5) is 38.3. The topological polar surface area (TPSA) is 104 Å². The summed E-state index contributed by atoms with van der Waals surface area (Å²) < 4.78 is 5.89. The molecule has 0 saturated carbocycles. The van der Waals surface area contributed by atoms with Crippen molar-refractivity contribution in [2.75, 3.05) is 6.61 Å². The van der Waals surface area contributed by atoms with E-state index in [2.05, 4.69) is 4.98 Å². The second-order valence-electron chi connectivity index (χ2n) is 4.01. The van der Waals surface area contributed by atoms with Gasteiger partial charge in [0.15, 0.2) is 10.7 Å². The van der Waals surface area contributed by atoms with Crippen molar-refractivity contribution >= 4 is 34.0 Å². The fourth-order valence-electron chi connectivity index (χ4n) is 1.67. The van der Waals surface area contributed by atoms with Crippen molar-refractivity contribution in [2.24, 2.45) is 0 Å². The molecule has 0 aliphatic carbocycles. The molecule has 0 unspecified atom stereocenters. The van der Waals surface area contributed by atoms with Gasteiger partial charge in [-0.3, -0.25) is 19.3 Å². The Balaban J connectivity index is 2.65. The Hall–Kier alpha value is -2.55. The minimum atomic E-state index is -0.802. The first-order valence-corrected chi connectivity index (χ1v) is 6.83. The van der Waals surface area contributed by atoms with Crippen LogP contribution in [0.25, 0.3) is 11.0 Å². The maximum atomic E-state index is 12.1. The van der Waals surface area contributed by atoms with E-state index in [9.17, 15) is 19.7 Å². The zero-order valence-corrected chi connectivity index (χ0v) is 12.0. The largest absolute Gasteiger partial charge is 0.463 e. The number of aromatic nitrogens is 2. The van der Waals surface area contributed by atoms with Crippen molar-refractivity contribution in [1.29, 1.82) is 0 Å². The highest BCUT2D eigenvalue weighted by Crippen LogP contribution is 2.18. The normalized spacial score (nSPS) is 11.6. The maximum Gasteiger partial charge on any atom is 0.359 e. The number of hydrogen-bond acceptors (Lipinski definition) is 7. The van der Waals surface area contributed by atoms with Gasteiger partial charge in [0.2, 0.25) is 0 Å². The van der Waals surface area contributed by atoms with E-state index in [0.717, 1.165) is 4.40 Å². The molecule has 0 aliphatic rings. The van der Waals surface area contributed by atoms with Gasteiger partial charge in [-0.1, -0.05) is 0 Å². The van der Waals surface area contributed by atoms with Crippen LogP contribution in [0.1, 0.15) is 19.5 Å². The highest BCUT2D eigenvalue weighted by molar-refractivity contribution is 7.15. The lowest BCUT2D eigenvalue weighted by molar-refractivity contribution is -0.386. The molecule has 0 atom stereocenters. The number of carbonyl (C=O) groups is 1. The number of ether oxygens (including phenoxy) is 1. The van der Waals surface area contributed by atoms with Crippen molar-refractivity contribution < 1.29 is 14.5 Å². The quantitative estimate of drug-likeness (QED) is 0.368. The van der Waals surface area contributed by atoms with Crippen LogP contribution < -0.4 is 5.56 Å². The Morgan fingerprint density at radius 2 is 2.33 bits per heavy atom. The van der Waals surface area contributed by atoms with Gasteiger partial charge >= 0.3 is 17.2 Å². The van der Waals surface area contributed by atoms with E-state index in [0.29, 0.717) is 4.96 Å². The molecule has 0 aromatic carbocycles.